The average Bonchev–Trinajstić information content (AvgIpc) is 2.15. The van der Waals surface area contributed by atoms with Crippen LogP contribution in [-0.2, 0) is 4.79 Å². The molecule has 0 aliphatic heterocycles. The van der Waals surface area contributed by atoms with Crippen molar-refractivity contribution < 1.29 is 9.90 Å². The number of carbonyl (C=O) groups is 1. The Morgan fingerprint density at radius 3 is 2.71 bits per heavy atom. The van der Waals surface area contributed by atoms with E-state index >= 15 is 0 Å². The SMILES string of the molecule is CCCC(CCO)CNC(=O)CSC. The Morgan fingerprint density at radius 1 is 1.50 bits per heavy atom. The van der Waals surface area contributed by atoms with Gasteiger partial charge in [0.2, 0.25) is 5.91 Å². The van der Waals surface area contributed by atoms with Crippen molar-refractivity contribution in [1.82, 2.24) is 5.32 Å². The summed E-state index contributed by atoms with van der Waals surface area (Å²) in [5, 5.41) is 11.7. The number of amides is 1. The van der Waals surface area contributed by atoms with E-state index in [0.29, 0.717) is 18.2 Å². The van der Waals surface area contributed by atoms with Crippen molar-refractivity contribution in [3.63, 3.8) is 0 Å². The van der Waals surface area contributed by atoms with Gasteiger partial charge in [0.25, 0.3) is 0 Å². The summed E-state index contributed by atoms with van der Waals surface area (Å²) in [6, 6.07) is 0. The maximum Gasteiger partial charge on any atom is 0.229 e. The van der Waals surface area contributed by atoms with Crippen LogP contribution in [0.5, 0.6) is 0 Å². The predicted octanol–water partition coefficient (Wildman–Crippen LogP) is 1.26. The molecule has 84 valence electrons. The molecule has 1 unspecified atom stereocenters. The molecule has 0 aliphatic carbocycles. The molecular weight excluding hydrogens is 198 g/mol. The smallest absolute Gasteiger partial charge is 0.229 e. The quantitative estimate of drug-likeness (QED) is 0.646. The van der Waals surface area contributed by atoms with E-state index in [1.165, 1.54) is 11.8 Å². The van der Waals surface area contributed by atoms with Crippen molar-refractivity contribution in [3.8, 4) is 0 Å². The Hall–Kier alpha value is -0.220. The monoisotopic (exact) mass is 219 g/mol. The Kier molecular flexibility index (Phi) is 9.19. The van der Waals surface area contributed by atoms with Crippen molar-refractivity contribution in [1.29, 1.82) is 0 Å². The summed E-state index contributed by atoms with van der Waals surface area (Å²) in [6.45, 7) is 3.03. The number of aliphatic hydroxyl groups is 1. The molecule has 0 aromatic heterocycles. The highest BCUT2D eigenvalue weighted by atomic mass is 32.2. The summed E-state index contributed by atoms with van der Waals surface area (Å²) < 4.78 is 0. The van der Waals surface area contributed by atoms with Gasteiger partial charge in [-0.15, -0.1) is 0 Å². The average molecular weight is 219 g/mol. The standard InChI is InChI=1S/C10H21NO2S/c1-3-4-9(5-6-12)7-11-10(13)8-14-2/h9,12H,3-8H2,1-2H3,(H,11,13). The maximum atomic E-state index is 11.2. The minimum absolute atomic E-state index is 0.0940. The summed E-state index contributed by atoms with van der Waals surface area (Å²) in [6.07, 6.45) is 4.87. The lowest BCUT2D eigenvalue weighted by Crippen LogP contribution is -2.31. The molecule has 1 atom stereocenters. The van der Waals surface area contributed by atoms with E-state index in [-0.39, 0.29) is 12.5 Å². The van der Waals surface area contributed by atoms with Crippen molar-refractivity contribution in [2.75, 3.05) is 25.2 Å². The van der Waals surface area contributed by atoms with Crippen LogP contribution in [0.4, 0.5) is 0 Å². The molecule has 0 bridgehead atoms. The Morgan fingerprint density at radius 2 is 2.21 bits per heavy atom. The van der Waals surface area contributed by atoms with Gasteiger partial charge in [-0.2, -0.15) is 11.8 Å². The van der Waals surface area contributed by atoms with Crippen LogP contribution < -0.4 is 5.32 Å². The van der Waals surface area contributed by atoms with Gasteiger partial charge in [-0.3, -0.25) is 4.79 Å². The first-order valence-electron chi connectivity index (χ1n) is 5.11. The topological polar surface area (TPSA) is 49.3 Å². The van der Waals surface area contributed by atoms with E-state index in [1.807, 2.05) is 6.26 Å². The van der Waals surface area contributed by atoms with Crippen LogP contribution >= 0.6 is 11.8 Å². The number of rotatable bonds is 8. The van der Waals surface area contributed by atoms with Gasteiger partial charge < -0.3 is 10.4 Å². The van der Waals surface area contributed by atoms with Gasteiger partial charge in [0.15, 0.2) is 0 Å². The zero-order valence-corrected chi connectivity index (χ0v) is 9.90. The van der Waals surface area contributed by atoms with Gasteiger partial charge in [0, 0.05) is 13.2 Å². The Balaban J connectivity index is 3.63. The molecular formula is C10H21NO2S. The minimum atomic E-state index is 0.0940. The molecule has 1 amide bonds. The van der Waals surface area contributed by atoms with Crippen LogP contribution in [0.25, 0.3) is 0 Å². The van der Waals surface area contributed by atoms with E-state index in [4.69, 9.17) is 5.11 Å². The molecule has 0 fully saturated rings. The van der Waals surface area contributed by atoms with Crippen molar-refractivity contribution >= 4 is 17.7 Å². The van der Waals surface area contributed by atoms with Crippen molar-refractivity contribution in [2.24, 2.45) is 5.92 Å². The van der Waals surface area contributed by atoms with E-state index in [9.17, 15) is 4.79 Å². The van der Waals surface area contributed by atoms with Crippen LogP contribution in [-0.4, -0.2) is 36.2 Å². The summed E-state index contributed by atoms with van der Waals surface area (Å²) in [5.74, 6) is 1.05. The van der Waals surface area contributed by atoms with Crippen molar-refractivity contribution in [2.45, 2.75) is 26.2 Å². The summed E-state index contributed by atoms with van der Waals surface area (Å²) >= 11 is 1.53. The van der Waals surface area contributed by atoms with Crippen LogP contribution in [0, 0.1) is 5.92 Å². The molecule has 0 rings (SSSR count). The molecule has 14 heavy (non-hydrogen) atoms. The second-order valence-corrected chi connectivity index (χ2v) is 4.27. The fourth-order valence-electron chi connectivity index (χ4n) is 1.38. The summed E-state index contributed by atoms with van der Waals surface area (Å²) in [4.78, 5) is 11.2. The summed E-state index contributed by atoms with van der Waals surface area (Å²) in [5.41, 5.74) is 0. The first kappa shape index (κ1) is 13.8. The fourth-order valence-corrected chi connectivity index (χ4v) is 1.74. The number of nitrogens with one attached hydrogen (secondary N) is 1. The van der Waals surface area contributed by atoms with E-state index < -0.39 is 0 Å². The highest BCUT2D eigenvalue weighted by Gasteiger charge is 2.08. The van der Waals surface area contributed by atoms with Crippen LogP contribution in [0.3, 0.4) is 0 Å². The predicted molar refractivity (Wildman–Crippen MR) is 61.5 cm³/mol. The molecule has 3 nitrogen and oxygen atoms in total. The van der Waals surface area contributed by atoms with Gasteiger partial charge in [-0.05, 0) is 25.0 Å². The molecule has 0 aromatic carbocycles. The van der Waals surface area contributed by atoms with Gasteiger partial charge in [-0.1, -0.05) is 13.3 Å². The van der Waals surface area contributed by atoms with Gasteiger partial charge in [0.05, 0.1) is 5.75 Å². The van der Waals surface area contributed by atoms with Crippen LogP contribution in [0.15, 0.2) is 0 Å². The molecule has 0 spiro atoms. The van der Waals surface area contributed by atoms with Crippen molar-refractivity contribution in [3.05, 3.63) is 0 Å². The lowest BCUT2D eigenvalue weighted by atomic mass is 10.0. The molecule has 0 aromatic rings. The highest BCUT2D eigenvalue weighted by Crippen LogP contribution is 2.09. The van der Waals surface area contributed by atoms with Crippen LogP contribution in [0.1, 0.15) is 26.2 Å². The first-order valence-corrected chi connectivity index (χ1v) is 6.50. The molecule has 0 saturated carbocycles. The van der Waals surface area contributed by atoms with E-state index in [0.717, 1.165) is 19.3 Å². The first-order chi connectivity index (χ1) is 6.74. The molecule has 2 N–H and O–H groups in total. The van der Waals surface area contributed by atoms with Gasteiger partial charge in [0.1, 0.15) is 0 Å². The molecule has 0 radical (unpaired) electrons. The van der Waals surface area contributed by atoms with E-state index in [1.54, 1.807) is 0 Å². The number of thioether (sulfide) groups is 1. The molecule has 0 saturated heterocycles. The number of hydrogen-bond acceptors (Lipinski definition) is 3. The van der Waals surface area contributed by atoms with E-state index in [2.05, 4.69) is 12.2 Å². The number of hydrogen-bond donors (Lipinski definition) is 2. The molecule has 0 heterocycles. The lowest BCUT2D eigenvalue weighted by Gasteiger charge is -2.15. The Labute approximate surface area is 90.7 Å². The highest BCUT2D eigenvalue weighted by molar-refractivity contribution is 7.99. The van der Waals surface area contributed by atoms with Crippen LogP contribution in [0.2, 0.25) is 0 Å². The number of carbonyl (C=O) groups excluding carboxylic acids is 1. The molecule has 0 aliphatic rings. The third-order valence-electron chi connectivity index (χ3n) is 2.10. The minimum Gasteiger partial charge on any atom is -0.396 e. The number of aliphatic hydroxyl groups excluding tert-OH is 1. The normalized spacial score (nSPS) is 12.5. The van der Waals surface area contributed by atoms with Gasteiger partial charge in [-0.25, -0.2) is 0 Å². The largest absolute Gasteiger partial charge is 0.396 e. The fraction of sp³-hybridized carbons (Fsp3) is 0.900. The maximum absolute atomic E-state index is 11.2. The second kappa shape index (κ2) is 9.34. The van der Waals surface area contributed by atoms with Gasteiger partial charge >= 0.3 is 0 Å². The Bertz CT molecular complexity index is 147. The second-order valence-electron chi connectivity index (χ2n) is 3.40. The third kappa shape index (κ3) is 7.21. The zero-order valence-electron chi connectivity index (χ0n) is 9.08. The summed E-state index contributed by atoms with van der Waals surface area (Å²) in [7, 11) is 0. The molecule has 4 heteroatoms. The third-order valence-corrected chi connectivity index (χ3v) is 2.65. The zero-order chi connectivity index (χ0) is 10.8. The lowest BCUT2D eigenvalue weighted by molar-refractivity contribution is -0.118.